The predicted molar refractivity (Wildman–Crippen MR) is 77.7 cm³/mol. The fourth-order valence-corrected chi connectivity index (χ4v) is 1.22. The number of carbonyl (C=O) groups is 4. The van der Waals surface area contributed by atoms with E-state index in [-0.39, 0.29) is 17.7 Å². The molecule has 0 aromatic carbocycles. The summed E-state index contributed by atoms with van der Waals surface area (Å²) in [7, 11) is 3.63. The molecule has 0 amide bonds. The van der Waals surface area contributed by atoms with Crippen molar-refractivity contribution in [2.24, 2.45) is 4.99 Å². The van der Waals surface area contributed by atoms with Gasteiger partial charge in [0, 0.05) is 12.6 Å². The van der Waals surface area contributed by atoms with Gasteiger partial charge >= 0.3 is 23.9 Å². The van der Waals surface area contributed by atoms with Crippen molar-refractivity contribution in [3.8, 4) is 0 Å². The fraction of sp³-hybridized carbons (Fsp3) is 0.500. The summed E-state index contributed by atoms with van der Waals surface area (Å²) in [6.07, 6.45) is 1.39. The molecule has 128 valence electrons. The van der Waals surface area contributed by atoms with Crippen LogP contribution in [0.15, 0.2) is 16.6 Å². The number of aliphatic imine (C=N–C) groups is 1. The summed E-state index contributed by atoms with van der Waals surface area (Å²) in [6, 6.07) is 0. The van der Waals surface area contributed by atoms with E-state index in [2.05, 4.69) is 19.2 Å². The van der Waals surface area contributed by atoms with Crippen LogP contribution in [0.3, 0.4) is 0 Å². The van der Waals surface area contributed by atoms with Crippen molar-refractivity contribution in [1.82, 2.24) is 0 Å². The molecule has 0 unspecified atom stereocenters. The van der Waals surface area contributed by atoms with Gasteiger partial charge in [0.25, 0.3) is 0 Å². The van der Waals surface area contributed by atoms with Crippen LogP contribution in [0.4, 0.5) is 0 Å². The molecule has 0 saturated heterocycles. The molecule has 0 aromatic heterocycles. The van der Waals surface area contributed by atoms with Crippen molar-refractivity contribution in [2.45, 2.75) is 13.3 Å². The molecule has 0 rings (SSSR count). The Kier molecular flexibility index (Phi) is 9.65. The maximum Gasteiger partial charge on any atom is 0.357 e. The highest BCUT2D eigenvalue weighted by atomic mass is 16.6. The summed E-state index contributed by atoms with van der Waals surface area (Å²) in [5.41, 5.74) is -0.0784. The Morgan fingerprint density at radius 1 is 0.913 bits per heavy atom. The highest BCUT2D eigenvalue weighted by molar-refractivity contribution is 6.42. The highest BCUT2D eigenvalue weighted by Gasteiger charge is 2.17. The van der Waals surface area contributed by atoms with E-state index in [1.807, 2.05) is 0 Å². The number of methoxy groups -OCH3 is 2. The Labute approximate surface area is 133 Å². The van der Waals surface area contributed by atoms with E-state index in [0.717, 1.165) is 14.2 Å². The molecule has 0 bridgehead atoms. The molecule has 0 aliphatic heterocycles. The smallest absolute Gasteiger partial charge is 0.357 e. The lowest BCUT2D eigenvalue weighted by Gasteiger charge is -2.07. The second-order valence-corrected chi connectivity index (χ2v) is 3.94. The second kappa shape index (κ2) is 10.9. The zero-order valence-electron chi connectivity index (χ0n) is 13.4. The van der Waals surface area contributed by atoms with E-state index >= 15 is 0 Å². The lowest BCUT2D eigenvalue weighted by Crippen LogP contribution is -2.22. The van der Waals surface area contributed by atoms with E-state index in [1.54, 1.807) is 6.92 Å². The summed E-state index contributed by atoms with van der Waals surface area (Å²) in [5.74, 6) is -3.13. The molecule has 9 nitrogen and oxygen atoms in total. The highest BCUT2D eigenvalue weighted by Crippen LogP contribution is 2.05. The van der Waals surface area contributed by atoms with Gasteiger partial charge in [-0.05, 0) is 12.5 Å². The van der Waals surface area contributed by atoms with Crippen molar-refractivity contribution >= 4 is 29.6 Å². The Hall–Kier alpha value is -2.71. The van der Waals surface area contributed by atoms with E-state index in [0.29, 0.717) is 0 Å². The summed E-state index contributed by atoms with van der Waals surface area (Å²) >= 11 is 0. The van der Waals surface area contributed by atoms with Gasteiger partial charge in [-0.1, -0.05) is 6.92 Å². The third-order valence-corrected chi connectivity index (χ3v) is 2.50. The number of rotatable bonds is 8. The Morgan fingerprint density at radius 2 is 1.39 bits per heavy atom. The summed E-state index contributed by atoms with van der Waals surface area (Å²) in [6.45, 7) is 0.535. The number of hydrogen-bond acceptors (Lipinski definition) is 9. The molecule has 0 fully saturated rings. The maximum absolute atomic E-state index is 11.8. The largest absolute Gasteiger partial charge is 0.466 e. The molecule has 0 heterocycles. The third-order valence-electron chi connectivity index (χ3n) is 2.50. The molecule has 0 aromatic rings. The number of hydrogen-bond donors (Lipinski definition) is 0. The van der Waals surface area contributed by atoms with Crippen molar-refractivity contribution in [1.29, 1.82) is 0 Å². The Morgan fingerprint density at radius 3 is 1.78 bits per heavy atom. The maximum atomic E-state index is 11.8. The summed E-state index contributed by atoms with van der Waals surface area (Å²) in [5, 5.41) is 0. The van der Waals surface area contributed by atoms with Gasteiger partial charge in [-0.3, -0.25) is 4.99 Å². The van der Waals surface area contributed by atoms with Crippen molar-refractivity contribution in [3.63, 3.8) is 0 Å². The van der Waals surface area contributed by atoms with Crippen LogP contribution < -0.4 is 0 Å². The van der Waals surface area contributed by atoms with Gasteiger partial charge < -0.3 is 18.9 Å². The van der Waals surface area contributed by atoms with E-state index in [1.165, 1.54) is 13.1 Å². The average Bonchev–Trinajstić information content (AvgIpc) is 2.57. The van der Waals surface area contributed by atoms with Gasteiger partial charge in [0.1, 0.15) is 5.71 Å². The van der Waals surface area contributed by atoms with Crippen LogP contribution >= 0.6 is 0 Å². The zero-order chi connectivity index (χ0) is 17.8. The van der Waals surface area contributed by atoms with Crippen molar-refractivity contribution in [3.05, 3.63) is 11.6 Å². The van der Waals surface area contributed by atoms with Gasteiger partial charge in [-0.2, -0.15) is 0 Å². The normalized spacial score (nSPS) is 11.5. The minimum atomic E-state index is -0.899. The first-order chi connectivity index (χ1) is 10.9. The first-order valence-electron chi connectivity index (χ1n) is 6.54. The van der Waals surface area contributed by atoms with Crippen molar-refractivity contribution in [2.75, 3.05) is 34.5 Å². The molecule has 0 aliphatic carbocycles. The zero-order valence-corrected chi connectivity index (χ0v) is 13.4. The van der Waals surface area contributed by atoms with Gasteiger partial charge in [0.05, 0.1) is 14.2 Å². The van der Waals surface area contributed by atoms with Gasteiger partial charge in [-0.25, -0.2) is 19.2 Å². The van der Waals surface area contributed by atoms with Gasteiger partial charge in [-0.15, -0.1) is 0 Å². The summed E-state index contributed by atoms with van der Waals surface area (Å²) < 4.78 is 18.1. The Bertz CT molecular complexity index is 521. The molecule has 0 spiro atoms. The van der Waals surface area contributed by atoms with Crippen LogP contribution in [-0.2, 0) is 38.1 Å². The molecule has 9 heteroatoms. The lowest BCUT2D eigenvalue weighted by molar-refractivity contribution is -0.154. The number of ether oxygens (including phenoxy) is 4. The number of nitrogens with zero attached hydrogens (tertiary/aromatic N) is 1. The molecular weight excluding hydrogens is 310 g/mol. The topological polar surface area (TPSA) is 118 Å². The van der Waals surface area contributed by atoms with Gasteiger partial charge in [0.15, 0.2) is 13.2 Å². The van der Waals surface area contributed by atoms with Crippen molar-refractivity contribution < 1.29 is 38.1 Å². The average molecular weight is 329 g/mol. The minimum Gasteiger partial charge on any atom is -0.466 e. The van der Waals surface area contributed by atoms with Crippen LogP contribution in [0.25, 0.3) is 0 Å². The monoisotopic (exact) mass is 329 g/mol. The number of esters is 4. The predicted octanol–water partition coefficient (Wildman–Crippen LogP) is -0.174. The fourth-order valence-electron chi connectivity index (χ4n) is 1.22. The molecule has 0 saturated carbocycles. The van der Waals surface area contributed by atoms with Crippen LogP contribution in [0.5, 0.6) is 0 Å². The molecule has 23 heavy (non-hydrogen) atoms. The summed E-state index contributed by atoms with van der Waals surface area (Å²) in [4.78, 5) is 49.1. The van der Waals surface area contributed by atoms with Crippen LogP contribution in [0, 0.1) is 0 Å². The minimum absolute atomic E-state index is 0.101. The molecule has 0 atom stereocenters. The molecule has 0 radical (unpaired) electrons. The molecule has 0 N–H and O–H groups in total. The molecule has 0 aliphatic rings. The lowest BCUT2D eigenvalue weighted by atomic mass is 10.1. The SMILES string of the molecule is CC/C(=C\C(=NC)C(=O)OCC(=O)OC)C(=O)OCC(=O)OC. The van der Waals surface area contributed by atoms with Crippen LogP contribution in [-0.4, -0.2) is 64.1 Å². The first-order valence-corrected chi connectivity index (χ1v) is 6.54. The quantitative estimate of drug-likeness (QED) is 0.261. The van der Waals surface area contributed by atoms with E-state index < -0.39 is 37.1 Å². The molecular formula is C14H19NO8. The third kappa shape index (κ3) is 7.74. The van der Waals surface area contributed by atoms with Gasteiger partial charge in [0.2, 0.25) is 0 Å². The van der Waals surface area contributed by atoms with Crippen LogP contribution in [0.1, 0.15) is 13.3 Å². The standard InChI is InChI=1S/C14H19NO8/c1-5-9(13(18)22-7-11(16)20-3)6-10(15-2)14(19)23-8-12(17)21-4/h6H,5,7-8H2,1-4H3/b9-6+,15-10?. The van der Waals surface area contributed by atoms with E-state index in [4.69, 9.17) is 4.74 Å². The second-order valence-electron chi connectivity index (χ2n) is 3.94. The number of carbonyl (C=O) groups excluding carboxylic acids is 4. The Balaban J connectivity index is 4.89. The van der Waals surface area contributed by atoms with Crippen LogP contribution in [0.2, 0.25) is 0 Å². The first kappa shape index (κ1) is 20.3. The van der Waals surface area contributed by atoms with E-state index in [9.17, 15) is 19.2 Å².